The number of carbonyl (C=O) groups excluding carboxylic acids is 2. The van der Waals surface area contributed by atoms with Gasteiger partial charge in [0, 0.05) is 32.7 Å². The van der Waals surface area contributed by atoms with Crippen molar-refractivity contribution in [2.45, 2.75) is 13.3 Å². The van der Waals surface area contributed by atoms with E-state index in [1.165, 1.54) is 0 Å². The number of rotatable bonds is 7. The van der Waals surface area contributed by atoms with Crippen molar-refractivity contribution in [3.05, 3.63) is 29.3 Å². The van der Waals surface area contributed by atoms with Crippen molar-refractivity contribution in [3.8, 4) is 0 Å². The molecule has 1 fully saturated rings. The number of para-hydroxylation sites is 1. The summed E-state index contributed by atoms with van der Waals surface area (Å²) in [7, 11) is 0. The monoisotopic (exact) mass is 352 g/mol. The molecule has 1 aromatic carbocycles. The molecule has 1 heterocycles. The SMILES string of the molecule is CCCNC(=O)CNC(=O)CN1CCN(c2ccccc2Cl)CC1. The van der Waals surface area contributed by atoms with E-state index in [0.717, 1.165) is 43.3 Å². The number of piperazine rings is 1. The van der Waals surface area contributed by atoms with Crippen molar-refractivity contribution in [2.75, 3.05) is 50.7 Å². The molecule has 0 aliphatic carbocycles. The maximum absolute atomic E-state index is 11.9. The summed E-state index contributed by atoms with van der Waals surface area (Å²) in [6.45, 7) is 6.22. The molecule has 2 amide bonds. The fourth-order valence-corrected chi connectivity index (χ4v) is 2.88. The Balaban J connectivity index is 1.70. The smallest absolute Gasteiger partial charge is 0.239 e. The van der Waals surface area contributed by atoms with E-state index in [4.69, 9.17) is 11.6 Å². The Bertz CT molecular complexity index is 559. The molecule has 0 saturated carbocycles. The van der Waals surface area contributed by atoms with Crippen molar-refractivity contribution >= 4 is 29.1 Å². The molecule has 6 nitrogen and oxygen atoms in total. The van der Waals surface area contributed by atoms with Crippen molar-refractivity contribution in [2.24, 2.45) is 0 Å². The van der Waals surface area contributed by atoms with E-state index >= 15 is 0 Å². The van der Waals surface area contributed by atoms with Gasteiger partial charge in [0.25, 0.3) is 0 Å². The van der Waals surface area contributed by atoms with Crippen LogP contribution in [0.4, 0.5) is 5.69 Å². The van der Waals surface area contributed by atoms with Gasteiger partial charge in [-0.15, -0.1) is 0 Å². The van der Waals surface area contributed by atoms with Crippen LogP contribution in [0.3, 0.4) is 0 Å². The Morgan fingerprint density at radius 3 is 2.46 bits per heavy atom. The molecule has 0 unspecified atom stereocenters. The van der Waals surface area contributed by atoms with Crippen LogP contribution in [0, 0.1) is 0 Å². The Morgan fingerprint density at radius 2 is 1.79 bits per heavy atom. The molecule has 0 radical (unpaired) electrons. The molecule has 132 valence electrons. The van der Waals surface area contributed by atoms with Gasteiger partial charge in [-0.2, -0.15) is 0 Å². The lowest BCUT2D eigenvalue weighted by atomic mass is 10.2. The number of benzene rings is 1. The van der Waals surface area contributed by atoms with Crippen molar-refractivity contribution < 1.29 is 9.59 Å². The highest BCUT2D eigenvalue weighted by Gasteiger charge is 2.20. The second-order valence-corrected chi connectivity index (χ2v) is 6.25. The summed E-state index contributed by atoms with van der Waals surface area (Å²) < 4.78 is 0. The quantitative estimate of drug-likeness (QED) is 0.771. The van der Waals surface area contributed by atoms with Gasteiger partial charge in [0.1, 0.15) is 0 Å². The number of nitrogens with zero attached hydrogens (tertiary/aromatic N) is 2. The van der Waals surface area contributed by atoms with Crippen LogP contribution in [0.5, 0.6) is 0 Å². The second kappa shape index (κ2) is 9.49. The molecule has 0 bridgehead atoms. The normalized spacial score (nSPS) is 15.2. The van der Waals surface area contributed by atoms with E-state index in [-0.39, 0.29) is 18.4 Å². The first-order valence-electron chi connectivity index (χ1n) is 8.35. The first-order valence-corrected chi connectivity index (χ1v) is 8.73. The summed E-state index contributed by atoms with van der Waals surface area (Å²) in [4.78, 5) is 27.7. The number of halogens is 1. The van der Waals surface area contributed by atoms with Crippen LogP contribution in [-0.2, 0) is 9.59 Å². The Labute approximate surface area is 148 Å². The average molecular weight is 353 g/mol. The van der Waals surface area contributed by atoms with Gasteiger partial charge in [-0.1, -0.05) is 30.7 Å². The first-order chi connectivity index (χ1) is 11.6. The highest BCUT2D eigenvalue weighted by Crippen LogP contribution is 2.25. The van der Waals surface area contributed by atoms with Crippen LogP contribution in [0.15, 0.2) is 24.3 Å². The average Bonchev–Trinajstić information content (AvgIpc) is 2.59. The summed E-state index contributed by atoms with van der Waals surface area (Å²) in [5.41, 5.74) is 1.04. The van der Waals surface area contributed by atoms with Gasteiger partial charge in [0.15, 0.2) is 0 Å². The van der Waals surface area contributed by atoms with E-state index < -0.39 is 0 Å². The summed E-state index contributed by atoms with van der Waals surface area (Å²) in [5.74, 6) is -0.262. The summed E-state index contributed by atoms with van der Waals surface area (Å²) >= 11 is 6.23. The maximum atomic E-state index is 11.9. The Morgan fingerprint density at radius 1 is 1.08 bits per heavy atom. The lowest BCUT2D eigenvalue weighted by Crippen LogP contribution is -2.50. The van der Waals surface area contributed by atoms with Crippen LogP contribution >= 0.6 is 11.6 Å². The zero-order valence-corrected chi connectivity index (χ0v) is 14.8. The predicted octanol–water partition coefficient (Wildman–Crippen LogP) is 1.10. The molecule has 7 heteroatoms. The highest BCUT2D eigenvalue weighted by molar-refractivity contribution is 6.33. The van der Waals surface area contributed by atoms with Crippen molar-refractivity contribution in [1.82, 2.24) is 15.5 Å². The number of anilines is 1. The summed E-state index contributed by atoms with van der Waals surface area (Å²) in [5, 5.41) is 6.15. The number of amides is 2. The van der Waals surface area contributed by atoms with Crippen LogP contribution in [0.2, 0.25) is 5.02 Å². The first kappa shape index (κ1) is 18.5. The van der Waals surface area contributed by atoms with Gasteiger partial charge >= 0.3 is 0 Å². The Hall–Kier alpha value is -1.79. The third-order valence-electron chi connectivity index (χ3n) is 3.95. The number of nitrogens with one attached hydrogen (secondary N) is 2. The van der Waals surface area contributed by atoms with Gasteiger partial charge < -0.3 is 15.5 Å². The molecule has 0 atom stereocenters. The zero-order valence-electron chi connectivity index (χ0n) is 14.1. The van der Waals surface area contributed by atoms with Crippen molar-refractivity contribution in [3.63, 3.8) is 0 Å². The van der Waals surface area contributed by atoms with Crippen LogP contribution in [-0.4, -0.2) is 62.5 Å². The molecule has 1 saturated heterocycles. The van der Waals surface area contributed by atoms with Gasteiger partial charge in [0.2, 0.25) is 11.8 Å². The largest absolute Gasteiger partial charge is 0.368 e. The molecule has 2 N–H and O–H groups in total. The lowest BCUT2D eigenvalue weighted by Gasteiger charge is -2.36. The predicted molar refractivity (Wildman–Crippen MR) is 96.4 cm³/mol. The van der Waals surface area contributed by atoms with Gasteiger partial charge in [-0.25, -0.2) is 0 Å². The Kier molecular flexibility index (Phi) is 7.34. The molecule has 1 aliphatic heterocycles. The molecule has 0 aromatic heterocycles. The standard InChI is InChI=1S/C17H25ClN4O2/c1-2-7-19-16(23)12-20-17(24)13-21-8-10-22(11-9-21)15-6-4-3-5-14(15)18/h3-6H,2,7-13H2,1H3,(H,19,23)(H,20,24). The third kappa shape index (κ3) is 5.69. The van der Waals surface area contributed by atoms with E-state index in [0.29, 0.717) is 13.1 Å². The minimum absolute atomic E-state index is 0.0401. The van der Waals surface area contributed by atoms with Gasteiger partial charge in [0.05, 0.1) is 23.8 Å². The lowest BCUT2D eigenvalue weighted by molar-refractivity contribution is -0.126. The van der Waals surface area contributed by atoms with Crippen LogP contribution in [0.25, 0.3) is 0 Å². The molecular weight excluding hydrogens is 328 g/mol. The topological polar surface area (TPSA) is 64.7 Å². The van der Waals surface area contributed by atoms with E-state index in [9.17, 15) is 9.59 Å². The summed E-state index contributed by atoms with van der Waals surface area (Å²) in [6, 6.07) is 7.80. The maximum Gasteiger partial charge on any atom is 0.239 e. The zero-order chi connectivity index (χ0) is 17.4. The van der Waals surface area contributed by atoms with Gasteiger partial charge in [-0.05, 0) is 18.6 Å². The molecule has 1 aliphatic rings. The van der Waals surface area contributed by atoms with Crippen molar-refractivity contribution in [1.29, 1.82) is 0 Å². The third-order valence-corrected chi connectivity index (χ3v) is 4.27. The molecule has 24 heavy (non-hydrogen) atoms. The number of carbonyl (C=O) groups is 2. The fourth-order valence-electron chi connectivity index (χ4n) is 2.62. The summed E-state index contributed by atoms with van der Waals surface area (Å²) in [6.07, 6.45) is 0.884. The van der Waals surface area contributed by atoms with E-state index in [1.807, 2.05) is 31.2 Å². The molecule has 1 aromatic rings. The minimum Gasteiger partial charge on any atom is -0.368 e. The van der Waals surface area contributed by atoms with Crippen LogP contribution < -0.4 is 15.5 Å². The highest BCUT2D eigenvalue weighted by atomic mass is 35.5. The minimum atomic E-state index is -0.145. The van der Waals surface area contributed by atoms with Crippen LogP contribution in [0.1, 0.15) is 13.3 Å². The second-order valence-electron chi connectivity index (χ2n) is 5.84. The molecular formula is C17H25ClN4O2. The fraction of sp³-hybridized carbons (Fsp3) is 0.529. The molecule has 0 spiro atoms. The van der Waals surface area contributed by atoms with E-state index in [2.05, 4.69) is 20.4 Å². The van der Waals surface area contributed by atoms with E-state index in [1.54, 1.807) is 0 Å². The van der Waals surface area contributed by atoms with Gasteiger partial charge in [-0.3, -0.25) is 14.5 Å². The number of hydrogen-bond donors (Lipinski definition) is 2. The molecule has 2 rings (SSSR count). The number of hydrogen-bond acceptors (Lipinski definition) is 4.